The van der Waals surface area contributed by atoms with E-state index in [1.165, 1.54) is 6.26 Å². The molecule has 1 rings (SSSR count). The number of nitriles is 2. The molecule has 0 N–H and O–H groups in total. The van der Waals surface area contributed by atoms with Crippen LogP contribution < -0.4 is 0 Å². The Balaban J connectivity index is 2.53. The summed E-state index contributed by atoms with van der Waals surface area (Å²) in [6, 6.07) is 11.0. The third-order valence-electron chi connectivity index (χ3n) is 1.61. The summed E-state index contributed by atoms with van der Waals surface area (Å²) in [5, 5.41) is 16.9. The fraction of sp³-hybridized carbons (Fsp3) is 0.0909. The van der Waals surface area contributed by atoms with E-state index in [0.29, 0.717) is 6.61 Å². The van der Waals surface area contributed by atoms with E-state index in [-0.39, 0.29) is 5.57 Å². The van der Waals surface area contributed by atoms with Crippen LogP contribution in [-0.4, -0.2) is 0 Å². The first kappa shape index (κ1) is 11.3. The van der Waals surface area contributed by atoms with Crippen molar-refractivity contribution in [3.8, 4) is 12.1 Å². The van der Waals surface area contributed by atoms with Crippen LogP contribution in [-0.2, 0) is 11.3 Å². The maximum Gasteiger partial charge on any atom is 0.164 e. The molecule has 15 heavy (non-hydrogen) atoms. The Kier molecular flexibility index (Phi) is 4.40. The average Bonchev–Trinajstić information content (AvgIpc) is 2.27. The van der Waals surface area contributed by atoms with E-state index in [1.807, 2.05) is 24.3 Å². The van der Waals surface area contributed by atoms with Crippen LogP contribution in [0, 0.1) is 22.7 Å². The van der Waals surface area contributed by atoms with E-state index in [4.69, 9.17) is 15.3 Å². The maximum atomic E-state index is 8.43. The standard InChI is InChI=1S/C11H7BrN2O/c12-11-3-1-9(2-4-11)7-15-8-10(5-13)6-14/h1-4,8H,7H2. The Morgan fingerprint density at radius 3 is 2.40 bits per heavy atom. The third-order valence-corrected chi connectivity index (χ3v) is 2.13. The van der Waals surface area contributed by atoms with E-state index in [0.717, 1.165) is 10.0 Å². The van der Waals surface area contributed by atoms with E-state index >= 15 is 0 Å². The molecule has 0 amide bonds. The Labute approximate surface area is 96.3 Å². The SMILES string of the molecule is N#CC(C#N)=COCc1ccc(Br)cc1. The van der Waals surface area contributed by atoms with Gasteiger partial charge in [-0.2, -0.15) is 10.5 Å². The van der Waals surface area contributed by atoms with Gasteiger partial charge in [-0.25, -0.2) is 0 Å². The summed E-state index contributed by atoms with van der Waals surface area (Å²) in [5.41, 5.74) is 0.941. The van der Waals surface area contributed by atoms with Gasteiger partial charge in [0.1, 0.15) is 25.0 Å². The zero-order valence-electron chi connectivity index (χ0n) is 7.77. The van der Waals surface area contributed by atoms with Crippen molar-refractivity contribution in [1.82, 2.24) is 0 Å². The van der Waals surface area contributed by atoms with Crippen LogP contribution in [0.15, 0.2) is 40.6 Å². The molecule has 0 aliphatic rings. The number of hydrogen-bond acceptors (Lipinski definition) is 3. The van der Waals surface area contributed by atoms with Gasteiger partial charge in [0.2, 0.25) is 0 Å². The summed E-state index contributed by atoms with van der Waals surface area (Å²) in [7, 11) is 0. The van der Waals surface area contributed by atoms with Gasteiger partial charge in [0.05, 0.1) is 0 Å². The molecule has 0 atom stereocenters. The number of rotatable bonds is 3. The van der Waals surface area contributed by atoms with Crippen molar-refractivity contribution in [3.05, 3.63) is 46.1 Å². The van der Waals surface area contributed by atoms with Gasteiger partial charge in [0, 0.05) is 4.47 Å². The molecule has 0 aromatic heterocycles. The molecule has 0 fully saturated rings. The highest BCUT2D eigenvalue weighted by atomic mass is 79.9. The Morgan fingerprint density at radius 1 is 1.27 bits per heavy atom. The minimum Gasteiger partial charge on any atom is -0.494 e. The van der Waals surface area contributed by atoms with Gasteiger partial charge in [-0.3, -0.25) is 0 Å². The van der Waals surface area contributed by atoms with Crippen LogP contribution in [0.3, 0.4) is 0 Å². The molecule has 0 aliphatic heterocycles. The van der Waals surface area contributed by atoms with E-state index in [2.05, 4.69) is 15.9 Å². The Hall–Kier alpha value is -1.78. The number of hydrogen-bond donors (Lipinski definition) is 0. The van der Waals surface area contributed by atoms with Crippen molar-refractivity contribution in [1.29, 1.82) is 10.5 Å². The van der Waals surface area contributed by atoms with Gasteiger partial charge in [-0.1, -0.05) is 28.1 Å². The van der Waals surface area contributed by atoms with Gasteiger partial charge in [-0.15, -0.1) is 0 Å². The van der Waals surface area contributed by atoms with Crippen molar-refractivity contribution in [2.24, 2.45) is 0 Å². The zero-order chi connectivity index (χ0) is 11.1. The Morgan fingerprint density at radius 2 is 1.87 bits per heavy atom. The van der Waals surface area contributed by atoms with Gasteiger partial charge < -0.3 is 4.74 Å². The predicted molar refractivity (Wildman–Crippen MR) is 58.2 cm³/mol. The number of allylic oxidation sites excluding steroid dienone is 1. The fourth-order valence-corrected chi connectivity index (χ4v) is 1.14. The highest BCUT2D eigenvalue weighted by molar-refractivity contribution is 9.10. The summed E-state index contributed by atoms with van der Waals surface area (Å²) in [6.07, 6.45) is 1.17. The number of nitrogens with zero attached hydrogens (tertiary/aromatic N) is 2. The molecule has 0 aliphatic carbocycles. The summed E-state index contributed by atoms with van der Waals surface area (Å²) in [4.78, 5) is 0. The fourth-order valence-electron chi connectivity index (χ4n) is 0.880. The van der Waals surface area contributed by atoms with E-state index in [9.17, 15) is 0 Å². The largest absolute Gasteiger partial charge is 0.494 e. The molecule has 0 unspecified atom stereocenters. The zero-order valence-corrected chi connectivity index (χ0v) is 9.36. The maximum absolute atomic E-state index is 8.43. The molecule has 0 saturated heterocycles. The lowest BCUT2D eigenvalue weighted by Gasteiger charge is -2.00. The summed E-state index contributed by atoms with van der Waals surface area (Å²) < 4.78 is 6.08. The molecular formula is C11H7BrN2O. The highest BCUT2D eigenvalue weighted by Crippen LogP contribution is 2.11. The first-order valence-corrected chi connectivity index (χ1v) is 4.92. The first-order valence-electron chi connectivity index (χ1n) is 4.12. The second-order valence-corrected chi connectivity index (χ2v) is 3.61. The molecule has 1 aromatic rings. The van der Waals surface area contributed by atoms with Gasteiger partial charge in [0.25, 0.3) is 0 Å². The van der Waals surface area contributed by atoms with Crippen molar-refractivity contribution in [2.75, 3.05) is 0 Å². The number of benzene rings is 1. The third kappa shape index (κ3) is 3.84. The van der Waals surface area contributed by atoms with E-state index < -0.39 is 0 Å². The van der Waals surface area contributed by atoms with Gasteiger partial charge in [0.15, 0.2) is 5.57 Å². The minimum atomic E-state index is -0.0351. The second-order valence-electron chi connectivity index (χ2n) is 2.69. The average molecular weight is 263 g/mol. The topological polar surface area (TPSA) is 56.8 Å². The molecule has 74 valence electrons. The lowest BCUT2D eigenvalue weighted by molar-refractivity contribution is 0.235. The molecule has 3 nitrogen and oxygen atoms in total. The number of ether oxygens (including phenoxy) is 1. The smallest absolute Gasteiger partial charge is 0.164 e. The van der Waals surface area contributed by atoms with Crippen LogP contribution >= 0.6 is 15.9 Å². The summed E-state index contributed by atoms with van der Waals surface area (Å²) >= 11 is 3.32. The molecule has 0 saturated carbocycles. The van der Waals surface area contributed by atoms with E-state index in [1.54, 1.807) is 12.1 Å². The molecule has 1 aromatic carbocycles. The lowest BCUT2D eigenvalue weighted by Crippen LogP contribution is -1.87. The van der Waals surface area contributed by atoms with Crippen molar-refractivity contribution in [2.45, 2.75) is 6.61 Å². The summed E-state index contributed by atoms with van der Waals surface area (Å²) in [5.74, 6) is 0. The van der Waals surface area contributed by atoms with Crippen molar-refractivity contribution >= 4 is 15.9 Å². The Bertz CT molecular complexity index is 421. The van der Waals surface area contributed by atoms with Crippen LogP contribution in [0.5, 0.6) is 0 Å². The first-order chi connectivity index (χ1) is 7.26. The predicted octanol–water partition coefficient (Wildman–Crippen LogP) is 2.90. The normalized spacial score (nSPS) is 8.47. The molecule has 0 heterocycles. The minimum absolute atomic E-state index is 0.0351. The van der Waals surface area contributed by atoms with Crippen molar-refractivity contribution in [3.63, 3.8) is 0 Å². The van der Waals surface area contributed by atoms with Gasteiger partial charge in [-0.05, 0) is 17.7 Å². The molecule has 0 radical (unpaired) electrons. The van der Waals surface area contributed by atoms with Crippen LogP contribution in [0.25, 0.3) is 0 Å². The monoisotopic (exact) mass is 262 g/mol. The van der Waals surface area contributed by atoms with Crippen molar-refractivity contribution < 1.29 is 4.74 Å². The molecule has 0 bridgehead atoms. The van der Waals surface area contributed by atoms with Crippen LogP contribution in [0.2, 0.25) is 0 Å². The quantitative estimate of drug-likeness (QED) is 0.622. The van der Waals surface area contributed by atoms with Crippen LogP contribution in [0.1, 0.15) is 5.56 Å². The highest BCUT2D eigenvalue weighted by Gasteiger charge is 1.94. The summed E-state index contributed by atoms with van der Waals surface area (Å²) in [6.45, 7) is 0.347. The number of halogens is 1. The lowest BCUT2D eigenvalue weighted by atomic mass is 10.2. The molecule has 4 heteroatoms. The van der Waals surface area contributed by atoms with Gasteiger partial charge >= 0.3 is 0 Å². The molecular weight excluding hydrogens is 256 g/mol. The van der Waals surface area contributed by atoms with Crippen LogP contribution in [0.4, 0.5) is 0 Å². The second kappa shape index (κ2) is 5.85. The molecule has 0 spiro atoms.